The van der Waals surface area contributed by atoms with Gasteiger partial charge in [0.2, 0.25) is 5.88 Å². The Labute approximate surface area is 205 Å². The van der Waals surface area contributed by atoms with Crippen LogP contribution in [0.3, 0.4) is 0 Å². The van der Waals surface area contributed by atoms with E-state index in [2.05, 4.69) is 20.0 Å². The molecule has 11 heteroatoms. The summed E-state index contributed by atoms with van der Waals surface area (Å²) in [4.78, 5) is 9.17. The SMILES string of the molecule is CC(=N)c1c(N)nc(-c2ccc(NSc3cc(Cl)ccc3F)cc2)nc1OC1CCNCC1F. The molecule has 178 valence electrons. The van der Waals surface area contributed by atoms with Crippen molar-refractivity contribution in [3.8, 4) is 17.3 Å². The Hall–Kier alpha value is -2.95. The van der Waals surface area contributed by atoms with Crippen molar-refractivity contribution < 1.29 is 13.5 Å². The molecule has 2 unspecified atom stereocenters. The molecule has 4 rings (SSSR count). The van der Waals surface area contributed by atoms with Crippen molar-refractivity contribution in [2.75, 3.05) is 23.5 Å². The third kappa shape index (κ3) is 5.57. The van der Waals surface area contributed by atoms with E-state index in [4.69, 9.17) is 27.5 Å². The van der Waals surface area contributed by atoms with Crippen molar-refractivity contribution >= 4 is 40.8 Å². The van der Waals surface area contributed by atoms with E-state index >= 15 is 0 Å². The van der Waals surface area contributed by atoms with Gasteiger partial charge in [-0.25, -0.2) is 13.8 Å². The van der Waals surface area contributed by atoms with Crippen molar-refractivity contribution in [3.63, 3.8) is 0 Å². The lowest BCUT2D eigenvalue weighted by Gasteiger charge is -2.27. The van der Waals surface area contributed by atoms with Crippen LogP contribution in [-0.2, 0) is 0 Å². The van der Waals surface area contributed by atoms with Gasteiger partial charge in [-0.15, -0.1) is 0 Å². The maximum Gasteiger partial charge on any atom is 0.228 e. The summed E-state index contributed by atoms with van der Waals surface area (Å²) in [6, 6.07) is 11.5. The van der Waals surface area contributed by atoms with Gasteiger partial charge in [-0.1, -0.05) is 11.6 Å². The minimum atomic E-state index is -1.19. The van der Waals surface area contributed by atoms with E-state index in [-0.39, 0.29) is 35.3 Å². The largest absolute Gasteiger partial charge is 0.471 e. The Balaban J connectivity index is 1.55. The van der Waals surface area contributed by atoms with E-state index < -0.39 is 12.3 Å². The van der Waals surface area contributed by atoms with Crippen LogP contribution in [0.25, 0.3) is 11.4 Å². The number of nitrogens with zero attached hydrogens (tertiary/aromatic N) is 2. The van der Waals surface area contributed by atoms with Gasteiger partial charge in [0.05, 0.1) is 10.5 Å². The van der Waals surface area contributed by atoms with Crippen LogP contribution in [0.1, 0.15) is 18.9 Å². The van der Waals surface area contributed by atoms with Gasteiger partial charge in [0.25, 0.3) is 0 Å². The molecule has 1 fully saturated rings. The molecule has 0 spiro atoms. The van der Waals surface area contributed by atoms with Gasteiger partial charge in [0.1, 0.15) is 23.9 Å². The lowest BCUT2D eigenvalue weighted by atomic mass is 10.1. The topological polar surface area (TPSA) is 109 Å². The van der Waals surface area contributed by atoms with Gasteiger partial charge in [-0.3, -0.25) is 0 Å². The molecule has 0 amide bonds. The Morgan fingerprint density at radius 2 is 2.03 bits per heavy atom. The van der Waals surface area contributed by atoms with Crippen LogP contribution in [0, 0.1) is 11.2 Å². The van der Waals surface area contributed by atoms with Crippen molar-refractivity contribution in [3.05, 3.63) is 58.9 Å². The summed E-state index contributed by atoms with van der Waals surface area (Å²) < 4.78 is 37.2. The number of hydrogen-bond acceptors (Lipinski definition) is 8. The van der Waals surface area contributed by atoms with Crippen LogP contribution in [0.5, 0.6) is 5.88 Å². The summed E-state index contributed by atoms with van der Waals surface area (Å²) in [5, 5.41) is 11.5. The molecule has 1 aromatic heterocycles. The summed E-state index contributed by atoms with van der Waals surface area (Å²) in [7, 11) is 0. The lowest BCUT2D eigenvalue weighted by molar-refractivity contribution is 0.0692. The maximum absolute atomic E-state index is 14.3. The fourth-order valence-corrected chi connectivity index (χ4v) is 4.41. The van der Waals surface area contributed by atoms with E-state index in [0.717, 1.165) is 17.6 Å². The fourth-order valence-electron chi connectivity index (χ4n) is 3.45. The van der Waals surface area contributed by atoms with Crippen molar-refractivity contribution in [2.24, 2.45) is 0 Å². The second kappa shape index (κ2) is 10.5. The zero-order valence-corrected chi connectivity index (χ0v) is 19.8. The molecule has 34 heavy (non-hydrogen) atoms. The molecule has 0 saturated carbocycles. The second-order valence-corrected chi connectivity index (χ2v) is 9.04. The summed E-state index contributed by atoms with van der Waals surface area (Å²) in [6.07, 6.45) is -1.40. The van der Waals surface area contributed by atoms with Crippen LogP contribution in [-0.4, -0.2) is 41.0 Å². The number of aromatic nitrogens is 2. The highest BCUT2D eigenvalue weighted by Gasteiger charge is 2.29. The van der Waals surface area contributed by atoms with E-state index in [1.54, 1.807) is 31.2 Å². The molecule has 2 aromatic carbocycles. The Bertz CT molecular complexity index is 1200. The van der Waals surface area contributed by atoms with Gasteiger partial charge >= 0.3 is 0 Å². The second-order valence-electron chi connectivity index (χ2n) is 7.76. The number of rotatable bonds is 7. The Kier molecular flexibility index (Phi) is 7.50. The third-order valence-electron chi connectivity index (χ3n) is 5.21. The van der Waals surface area contributed by atoms with Crippen LogP contribution >= 0.6 is 23.5 Å². The van der Waals surface area contributed by atoms with E-state index in [1.165, 1.54) is 18.2 Å². The first-order valence-electron chi connectivity index (χ1n) is 10.5. The predicted molar refractivity (Wildman–Crippen MR) is 132 cm³/mol. The zero-order valence-electron chi connectivity index (χ0n) is 18.2. The van der Waals surface area contributed by atoms with E-state index in [9.17, 15) is 8.78 Å². The maximum atomic E-state index is 14.3. The molecule has 7 nitrogen and oxygen atoms in total. The van der Waals surface area contributed by atoms with E-state index in [0.29, 0.717) is 34.3 Å². The fraction of sp³-hybridized carbons (Fsp3) is 0.261. The molecule has 3 aromatic rings. The van der Waals surface area contributed by atoms with Crippen LogP contribution < -0.4 is 20.5 Å². The number of nitrogens with two attached hydrogens (primary N) is 1. The van der Waals surface area contributed by atoms with Crippen LogP contribution in [0.2, 0.25) is 5.02 Å². The van der Waals surface area contributed by atoms with Gasteiger partial charge in [-0.05, 0) is 74.3 Å². The minimum Gasteiger partial charge on any atom is -0.471 e. The first kappa shape index (κ1) is 24.2. The molecule has 1 saturated heterocycles. The van der Waals surface area contributed by atoms with Crippen LogP contribution in [0.15, 0.2) is 47.4 Å². The highest BCUT2D eigenvalue weighted by molar-refractivity contribution is 8.00. The summed E-state index contributed by atoms with van der Waals surface area (Å²) in [5.41, 5.74) is 7.89. The minimum absolute atomic E-state index is 0.0889. The smallest absolute Gasteiger partial charge is 0.228 e. The molecular formula is C23H23ClF2N6OS. The normalized spacial score (nSPS) is 17.9. The number of nitrogens with one attached hydrogen (secondary N) is 3. The number of hydrogen-bond donors (Lipinski definition) is 4. The van der Waals surface area contributed by atoms with Gasteiger partial charge in [0, 0.05) is 28.5 Å². The quantitative estimate of drug-likeness (QED) is 0.261. The molecule has 0 bridgehead atoms. The van der Waals surface area contributed by atoms with Gasteiger partial charge in [-0.2, -0.15) is 4.98 Å². The molecule has 5 N–H and O–H groups in total. The van der Waals surface area contributed by atoms with Crippen molar-refractivity contribution in [1.82, 2.24) is 15.3 Å². The summed E-state index contributed by atoms with van der Waals surface area (Å²) in [5.74, 6) is 0.104. The standard InChI is InChI=1S/C23H23ClF2N6OS/c1-12(27)20-21(28)30-22(31-23(20)33-18-8-9-29-11-17(18)26)13-2-5-15(6-3-13)32-34-19-10-14(24)4-7-16(19)25/h2-7,10,17-18,27,29,32H,8-9,11H2,1H3,(H2,28,30,31). The van der Waals surface area contributed by atoms with Gasteiger partial charge < -0.3 is 25.9 Å². The lowest BCUT2D eigenvalue weighted by Crippen LogP contribution is -2.44. The molecule has 0 radical (unpaired) electrons. The summed E-state index contributed by atoms with van der Waals surface area (Å²) in [6.45, 7) is 2.38. The molecule has 1 aliphatic heterocycles. The average molecular weight is 505 g/mol. The Morgan fingerprint density at radius 3 is 2.74 bits per heavy atom. The highest BCUT2D eigenvalue weighted by atomic mass is 35.5. The predicted octanol–water partition coefficient (Wildman–Crippen LogP) is 5.10. The molecule has 0 aliphatic carbocycles. The number of alkyl halides is 1. The number of nitrogen functional groups attached to an aromatic ring is 1. The van der Waals surface area contributed by atoms with Gasteiger partial charge in [0.15, 0.2) is 5.82 Å². The number of anilines is 2. The molecule has 1 aliphatic rings. The number of halogens is 3. The summed E-state index contributed by atoms with van der Waals surface area (Å²) >= 11 is 7.03. The molecule has 2 atom stereocenters. The molecule has 2 heterocycles. The van der Waals surface area contributed by atoms with E-state index in [1.807, 2.05) is 0 Å². The monoisotopic (exact) mass is 504 g/mol. The average Bonchev–Trinajstić information content (AvgIpc) is 2.81. The highest BCUT2D eigenvalue weighted by Crippen LogP contribution is 2.30. The zero-order chi connectivity index (χ0) is 24.2. The van der Waals surface area contributed by atoms with Crippen molar-refractivity contribution in [2.45, 2.75) is 30.5 Å². The number of ether oxygens (including phenoxy) is 1. The Morgan fingerprint density at radius 1 is 1.26 bits per heavy atom. The van der Waals surface area contributed by atoms with Crippen molar-refractivity contribution in [1.29, 1.82) is 5.41 Å². The third-order valence-corrected chi connectivity index (χ3v) is 6.31. The number of benzene rings is 2. The van der Waals surface area contributed by atoms with Crippen LogP contribution in [0.4, 0.5) is 20.3 Å². The number of piperidine rings is 1. The molecular weight excluding hydrogens is 482 g/mol. The first-order chi connectivity index (χ1) is 16.3. The first-order valence-corrected chi connectivity index (χ1v) is 11.7.